The first-order chi connectivity index (χ1) is 15.1. The van der Waals surface area contributed by atoms with E-state index in [1.807, 2.05) is 0 Å². The Labute approximate surface area is 188 Å². The van der Waals surface area contributed by atoms with Gasteiger partial charge in [-0.05, 0) is 60.7 Å². The van der Waals surface area contributed by atoms with Crippen LogP contribution in [0.2, 0.25) is 0 Å². The molecule has 2 aromatic carbocycles. The minimum absolute atomic E-state index is 0.196. The Morgan fingerprint density at radius 2 is 1.62 bits per heavy atom. The van der Waals surface area contributed by atoms with E-state index in [1.165, 1.54) is 47.2 Å². The van der Waals surface area contributed by atoms with Gasteiger partial charge in [-0.3, -0.25) is 14.9 Å². The summed E-state index contributed by atoms with van der Waals surface area (Å²) in [7, 11) is 0. The standard InChI is InChI=1S/C22H13BrF3N3O3/c23-14-6-8-15(9-7-14)29-20(31)18(19(30)27-21(29)32)12-17-5-2-10-28(17)16-4-1-3-13(11-16)22(24,25)26/h1-12H,(H,27,30,32). The largest absolute Gasteiger partial charge is 0.416 e. The molecule has 4 amide bonds. The fourth-order valence-electron chi connectivity index (χ4n) is 3.21. The molecule has 2 heterocycles. The number of benzene rings is 2. The number of alkyl halides is 3. The summed E-state index contributed by atoms with van der Waals surface area (Å²) in [5, 5.41) is 2.11. The monoisotopic (exact) mass is 503 g/mol. The molecule has 1 aliphatic rings. The summed E-state index contributed by atoms with van der Waals surface area (Å²) in [6.07, 6.45) is -1.78. The van der Waals surface area contributed by atoms with Gasteiger partial charge in [-0.2, -0.15) is 13.2 Å². The molecule has 32 heavy (non-hydrogen) atoms. The number of hydrogen-bond donors (Lipinski definition) is 1. The number of carbonyl (C=O) groups is 3. The molecule has 0 aliphatic carbocycles. The number of aromatic nitrogens is 1. The number of nitrogens with zero attached hydrogens (tertiary/aromatic N) is 2. The van der Waals surface area contributed by atoms with Crippen LogP contribution in [0.3, 0.4) is 0 Å². The van der Waals surface area contributed by atoms with Crippen molar-refractivity contribution in [3.8, 4) is 5.69 Å². The Hall–Kier alpha value is -3.66. The van der Waals surface area contributed by atoms with E-state index in [2.05, 4.69) is 21.2 Å². The molecule has 0 bridgehead atoms. The first-order valence-corrected chi connectivity index (χ1v) is 9.96. The zero-order chi connectivity index (χ0) is 23.0. The van der Waals surface area contributed by atoms with Crippen LogP contribution in [0.4, 0.5) is 23.7 Å². The zero-order valence-corrected chi connectivity index (χ0v) is 17.6. The summed E-state index contributed by atoms with van der Waals surface area (Å²) in [6.45, 7) is 0. The lowest BCUT2D eigenvalue weighted by Crippen LogP contribution is -2.54. The Bertz CT molecular complexity index is 1260. The molecule has 1 aliphatic heterocycles. The smallest absolute Gasteiger partial charge is 0.317 e. The first kappa shape index (κ1) is 21.6. The number of nitrogens with one attached hydrogen (secondary N) is 1. The Morgan fingerprint density at radius 1 is 0.906 bits per heavy atom. The highest BCUT2D eigenvalue weighted by atomic mass is 79.9. The van der Waals surface area contributed by atoms with Crippen LogP contribution in [0.25, 0.3) is 11.8 Å². The molecule has 6 nitrogen and oxygen atoms in total. The third kappa shape index (κ3) is 4.09. The Balaban J connectivity index is 1.74. The van der Waals surface area contributed by atoms with E-state index in [0.717, 1.165) is 21.5 Å². The highest BCUT2D eigenvalue weighted by molar-refractivity contribution is 9.10. The molecule has 0 saturated carbocycles. The van der Waals surface area contributed by atoms with Gasteiger partial charge < -0.3 is 4.57 Å². The average molecular weight is 504 g/mol. The summed E-state index contributed by atoms with van der Waals surface area (Å²) in [4.78, 5) is 38.5. The van der Waals surface area contributed by atoms with Crippen LogP contribution in [0.1, 0.15) is 11.3 Å². The highest BCUT2D eigenvalue weighted by Gasteiger charge is 2.37. The number of carbonyl (C=O) groups excluding carboxylic acids is 3. The van der Waals surface area contributed by atoms with Crippen LogP contribution in [-0.4, -0.2) is 22.4 Å². The number of imide groups is 2. The third-order valence-electron chi connectivity index (χ3n) is 4.71. The van der Waals surface area contributed by atoms with Gasteiger partial charge in [0, 0.05) is 22.1 Å². The van der Waals surface area contributed by atoms with Gasteiger partial charge in [0.25, 0.3) is 11.8 Å². The van der Waals surface area contributed by atoms with E-state index in [4.69, 9.17) is 0 Å². The summed E-state index contributed by atoms with van der Waals surface area (Å²) < 4.78 is 41.4. The second-order valence-corrected chi connectivity index (χ2v) is 7.70. The number of halogens is 4. The van der Waals surface area contributed by atoms with Crippen molar-refractivity contribution in [3.05, 3.63) is 88.2 Å². The number of barbiturate groups is 1. The van der Waals surface area contributed by atoms with E-state index in [9.17, 15) is 27.6 Å². The quantitative estimate of drug-likeness (QED) is 0.407. The Morgan fingerprint density at radius 3 is 2.31 bits per heavy atom. The van der Waals surface area contributed by atoms with Crippen molar-refractivity contribution in [1.82, 2.24) is 9.88 Å². The lowest BCUT2D eigenvalue weighted by molar-refractivity contribution is -0.137. The van der Waals surface area contributed by atoms with E-state index in [1.54, 1.807) is 18.2 Å². The maximum absolute atomic E-state index is 13.1. The van der Waals surface area contributed by atoms with Gasteiger partial charge in [-0.25, -0.2) is 9.69 Å². The van der Waals surface area contributed by atoms with Crippen LogP contribution in [0.5, 0.6) is 0 Å². The zero-order valence-electron chi connectivity index (χ0n) is 16.1. The topological polar surface area (TPSA) is 71.4 Å². The normalized spacial score (nSPS) is 15.9. The van der Waals surface area contributed by atoms with Crippen molar-refractivity contribution >= 4 is 45.5 Å². The second-order valence-electron chi connectivity index (χ2n) is 6.79. The summed E-state index contributed by atoms with van der Waals surface area (Å²) >= 11 is 3.27. The molecule has 1 saturated heterocycles. The number of anilines is 1. The predicted octanol–water partition coefficient (Wildman–Crippen LogP) is 4.93. The van der Waals surface area contributed by atoms with Gasteiger partial charge in [0.05, 0.1) is 11.3 Å². The van der Waals surface area contributed by atoms with Gasteiger partial charge >= 0.3 is 12.2 Å². The molecule has 1 N–H and O–H groups in total. The molecular formula is C22H13BrF3N3O3. The maximum Gasteiger partial charge on any atom is 0.416 e. The fourth-order valence-corrected chi connectivity index (χ4v) is 3.47. The molecule has 0 unspecified atom stereocenters. The van der Waals surface area contributed by atoms with E-state index in [0.29, 0.717) is 0 Å². The molecule has 4 rings (SSSR count). The maximum atomic E-state index is 13.1. The number of urea groups is 1. The molecule has 162 valence electrons. The summed E-state index contributed by atoms with van der Waals surface area (Å²) in [6, 6.07) is 13.2. The van der Waals surface area contributed by atoms with E-state index >= 15 is 0 Å². The minimum Gasteiger partial charge on any atom is -0.317 e. The summed E-state index contributed by atoms with van der Waals surface area (Å²) in [5.41, 5.74) is -0.434. The predicted molar refractivity (Wildman–Crippen MR) is 114 cm³/mol. The average Bonchev–Trinajstić information content (AvgIpc) is 3.20. The Kier molecular flexibility index (Phi) is 5.47. The number of hydrogen-bond acceptors (Lipinski definition) is 3. The van der Waals surface area contributed by atoms with Crippen LogP contribution < -0.4 is 10.2 Å². The fraction of sp³-hybridized carbons (Fsp3) is 0.0455. The SMILES string of the molecule is O=C1NC(=O)N(c2ccc(Br)cc2)C(=O)C1=Cc1cccn1-c1cccc(C(F)(F)F)c1. The van der Waals surface area contributed by atoms with Gasteiger partial charge in [0.15, 0.2) is 0 Å². The van der Waals surface area contributed by atoms with Crippen molar-refractivity contribution in [1.29, 1.82) is 0 Å². The van der Waals surface area contributed by atoms with Crippen LogP contribution in [0.15, 0.2) is 76.9 Å². The lowest BCUT2D eigenvalue weighted by Gasteiger charge is -2.26. The van der Waals surface area contributed by atoms with Crippen molar-refractivity contribution in [3.63, 3.8) is 0 Å². The lowest BCUT2D eigenvalue weighted by atomic mass is 10.1. The van der Waals surface area contributed by atoms with Gasteiger partial charge in [-0.15, -0.1) is 0 Å². The third-order valence-corrected chi connectivity index (χ3v) is 5.24. The number of rotatable bonds is 3. The van der Waals surface area contributed by atoms with Crippen LogP contribution >= 0.6 is 15.9 Å². The van der Waals surface area contributed by atoms with E-state index in [-0.39, 0.29) is 22.6 Å². The molecule has 10 heteroatoms. The molecular weight excluding hydrogens is 491 g/mol. The summed E-state index contributed by atoms with van der Waals surface area (Å²) in [5.74, 6) is -1.75. The molecule has 1 aromatic heterocycles. The second kappa shape index (κ2) is 8.12. The van der Waals surface area contributed by atoms with E-state index < -0.39 is 29.6 Å². The molecule has 1 fully saturated rings. The molecule has 0 atom stereocenters. The van der Waals surface area contributed by atoms with Crippen LogP contribution in [-0.2, 0) is 15.8 Å². The molecule has 3 aromatic rings. The van der Waals surface area contributed by atoms with Crippen molar-refractivity contribution in [2.24, 2.45) is 0 Å². The first-order valence-electron chi connectivity index (χ1n) is 9.17. The van der Waals surface area contributed by atoms with Crippen molar-refractivity contribution < 1.29 is 27.6 Å². The van der Waals surface area contributed by atoms with Gasteiger partial charge in [-0.1, -0.05) is 22.0 Å². The van der Waals surface area contributed by atoms with Crippen molar-refractivity contribution in [2.75, 3.05) is 4.90 Å². The number of amides is 4. The molecule has 0 radical (unpaired) electrons. The minimum atomic E-state index is -4.52. The molecule has 0 spiro atoms. The highest BCUT2D eigenvalue weighted by Crippen LogP contribution is 2.31. The van der Waals surface area contributed by atoms with Crippen molar-refractivity contribution in [2.45, 2.75) is 6.18 Å². The van der Waals surface area contributed by atoms with Gasteiger partial charge in [0.2, 0.25) is 0 Å². The van der Waals surface area contributed by atoms with Crippen LogP contribution in [0, 0.1) is 0 Å². The van der Waals surface area contributed by atoms with Gasteiger partial charge in [0.1, 0.15) is 5.57 Å².